The van der Waals surface area contributed by atoms with Crippen molar-refractivity contribution in [2.24, 2.45) is 5.92 Å². The number of benzene rings is 1. The van der Waals surface area contributed by atoms with Crippen LogP contribution < -0.4 is 0 Å². The molecule has 0 spiro atoms. The van der Waals surface area contributed by atoms with Crippen LogP contribution in [-0.2, 0) is 19.9 Å². The molecule has 0 amide bonds. The van der Waals surface area contributed by atoms with Gasteiger partial charge in [0.05, 0.1) is 6.61 Å². The van der Waals surface area contributed by atoms with Crippen LogP contribution in [0.1, 0.15) is 56.9 Å². The molecule has 1 saturated heterocycles. The van der Waals surface area contributed by atoms with Gasteiger partial charge in [0, 0.05) is 19.1 Å². The molecular formula is C22H34ClNO3. The molecule has 5 heteroatoms. The van der Waals surface area contributed by atoms with Crippen molar-refractivity contribution in [3.8, 4) is 0 Å². The zero-order valence-corrected chi connectivity index (χ0v) is 17.5. The Morgan fingerprint density at radius 2 is 1.81 bits per heavy atom. The van der Waals surface area contributed by atoms with Crippen molar-refractivity contribution in [1.82, 2.24) is 4.90 Å². The number of carbonyl (C=O) groups excluding carboxylic acids is 1. The second-order valence-electron chi connectivity index (χ2n) is 7.84. The summed E-state index contributed by atoms with van der Waals surface area (Å²) in [5, 5.41) is 0. The van der Waals surface area contributed by atoms with E-state index in [-0.39, 0.29) is 24.3 Å². The Kier molecular flexibility index (Phi) is 8.59. The standard InChI is InChI=1S/C22H33NO3.ClH/c1-23-16-9-14-20(23)15-17-26-21(24)22(25-2,18-10-5-3-6-11-18)19-12-7-4-8-13-19;/h3,5-6,10-11,19-20H,4,7-9,12-17H2,1-2H3;1H. The van der Waals surface area contributed by atoms with Crippen LogP contribution in [0.5, 0.6) is 0 Å². The number of halogens is 1. The summed E-state index contributed by atoms with van der Waals surface area (Å²) >= 11 is 0. The van der Waals surface area contributed by atoms with Gasteiger partial charge in [-0.05, 0) is 51.3 Å². The maximum absolute atomic E-state index is 13.3. The summed E-state index contributed by atoms with van der Waals surface area (Å²) in [7, 11) is 3.82. The fourth-order valence-electron chi connectivity index (χ4n) is 4.82. The molecule has 2 unspecified atom stereocenters. The van der Waals surface area contributed by atoms with Crippen LogP contribution in [0.2, 0.25) is 0 Å². The van der Waals surface area contributed by atoms with E-state index in [0.717, 1.165) is 44.2 Å². The summed E-state index contributed by atoms with van der Waals surface area (Å²) < 4.78 is 11.8. The van der Waals surface area contributed by atoms with E-state index in [2.05, 4.69) is 11.9 Å². The van der Waals surface area contributed by atoms with Crippen molar-refractivity contribution in [2.75, 3.05) is 27.3 Å². The highest BCUT2D eigenvalue weighted by Crippen LogP contribution is 2.43. The third-order valence-electron chi connectivity index (χ3n) is 6.36. The van der Waals surface area contributed by atoms with Gasteiger partial charge >= 0.3 is 5.97 Å². The average Bonchev–Trinajstić information content (AvgIpc) is 3.09. The zero-order valence-electron chi connectivity index (χ0n) is 16.7. The normalized spacial score (nSPS) is 23.4. The van der Waals surface area contributed by atoms with E-state index in [1.807, 2.05) is 30.3 Å². The van der Waals surface area contributed by atoms with E-state index < -0.39 is 5.60 Å². The Morgan fingerprint density at radius 1 is 1.11 bits per heavy atom. The molecule has 1 aliphatic carbocycles. The highest BCUT2D eigenvalue weighted by Gasteiger charge is 2.49. The van der Waals surface area contributed by atoms with Gasteiger partial charge in [-0.3, -0.25) is 0 Å². The smallest absolute Gasteiger partial charge is 0.343 e. The lowest BCUT2D eigenvalue weighted by molar-refractivity contribution is -0.181. The van der Waals surface area contributed by atoms with Crippen molar-refractivity contribution in [1.29, 1.82) is 0 Å². The van der Waals surface area contributed by atoms with Gasteiger partial charge in [0.15, 0.2) is 5.60 Å². The number of methoxy groups -OCH3 is 1. The summed E-state index contributed by atoms with van der Waals surface area (Å²) in [6.07, 6.45) is 8.93. The predicted octanol–water partition coefficient (Wildman–Crippen LogP) is 4.56. The molecule has 0 bridgehead atoms. The highest BCUT2D eigenvalue weighted by atomic mass is 35.5. The van der Waals surface area contributed by atoms with Crippen molar-refractivity contribution in [3.63, 3.8) is 0 Å². The van der Waals surface area contributed by atoms with Gasteiger partial charge in [0.1, 0.15) is 0 Å². The third-order valence-corrected chi connectivity index (χ3v) is 6.36. The molecule has 2 atom stereocenters. The van der Waals surface area contributed by atoms with Gasteiger partial charge < -0.3 is 14.4 Å². The third kappa shape index (κ3) is 4.85. The van der Waals surface area contributed by atoms with E-state index in [1.54, 1.807) is 7.11 Å². The SMILES string of the molecule is COC(C(=O)OCCC1CCCN1C)(c1ccccc1)C1CCCCC1.Cl. The number of hydrogen-bond donors (Lipinski definition) is 0. The van der Waals surface area contributed by atoms with Gasteiger partial charge in [-0.15, -0.1) is 12.4 Å². The first-order valence-corrected chi connectivity index (χ1v) is 10.2. The van der Waals surface area contributed by atoms with Crippen LogP contribution in [-0.4, -0.2) is 44.2 Å². The molecule has 2 fully saturated rings. The maximum Gasteiger partial charge on any atom is 0.343 e. The first kappa shape index (κ1) is 22.2. The van der Waals surface area contributed by atoms with Gasteiger partial charge in [-0.1, -0.05) is 49.6 Å². The molecule has 152 valence electrons. The van der Waals surface area contributed by atoms with Gasteiger partial charge in [-0.25, -0.2) is 4.79 Å². The number of hydrogen-bond acceptors (Lipinski definition) is 4. The second kappa shape index (κ2) is 10.4. The Balaban J connectivity index is 0.00000261. The number of carbonyl (C=O) groups is 1. The summed E-state index contributed by atoms with van der Waals surface area (Å²) in [5.41, 5.74) is -0.0409. The van der Waals surface area contributed by atoms with Gasteiger partial charge in [0.25, 0.3) is 0 Å². The molecule has 4 nitrogen and oxygen atoms in total. The number of esters is 1. The van der Waals surface area contributed by atoms with E-state index in [0.29, 0.717) is 12.6 Å². The fourth-order valence-corrected chi connectivity index (χ4v) is 4.82. The molecule has 1 aromatic rings. The summed E-state index contributed by atoms with van der Waals surface area (Å²) in [4.78, 5) is 15.7. The Hall–Kier alpha value is -1.10. The number of ether oxygens (including phenoxy) is 2. The molecule has 1 aromatic carbocycles. The monoisotopic (exact) mass is 395 g/mol. The predicted molar refractivity (Wildman–Crippen MR) is 110 cm³/mol. The molecule has 27 heavy (non-hydrogen) atoms. The maximum atomic E-state index is 13.3. The van der Waals surface area contributed by atoms with Crippen LogP contribution in [0.3, 0.4) is 0 Å². The van der Waals surface area contributed by atoms with Crippen molar-refractivity contribution in [2.45, 2.75) is 63.0 Å². The highest BCUT2D eigenvalue weighted by molar-refractivity contribution is 5.85. The van der Waals surface area contributed by atoms with Crippen LogP contribution in [0.4, 0.5) is 0 Å². The molecule has 1 aliphatic heterocycles. The molecule has 0 radical (unpaired) electrons. The molecule has 2 aliphatic rings. The summed E-state index contributed by atoms with van der Waals surface area (Å²) in [6.45, 7) is 1.62. The summed E-state index contributed by atoms with van der Waals surface area (Å²) in [5.74, 6) is -0.0240. The number of rotatable bonds is 7. The second-order valence-corrected chi connectivity index (χ2v) is 7.84. The van der Waals surface area contributed by atoms with E-state index >= 15 is 0 Å². The van der Waals surface area contributed by atoms with E-state index in [9.17, 15) is 4.79 Å². The molecular weight excluding hydrogens is 362 g/mol. The summed E-state index contributed by atoms with van der Waals surface area (Å²) in [6, 6.07) is 10.5. The minimum Gasteiger partial charge on any atom is -0.463 e. The molecule has 0 N–H and O–H groups in total. The lowest BCUT2D eigenvalue weighted by Gasteiger charge is -2.39. The number of nitrogens with zero attached hydrogens (tertiary/aromatic N) is 1. The van der Waals surface area contributed by atoms with Crippen molar-refractivity contribution in [3.05, 3.63) is 35.9 Å². The van der Waals surface area contributed by atoms with Crippen LogP contribution >= 0.6 is 12.4 Å². The minimum atomic E-state index is -0.969. The molecule has 1 saturated carbocycles. The lowest BCUT2D eigenvalue weighted by Crippen LogP contribution is -2.47. The Morgan fingerprint density at radius 3 is 2.41 bits per heavy atom. The largest absolute Gasteiger partial charge is 0.463 e. The van der Waals surface area contributed by atoms with Crippen molar-refractivity contribution >= 4 is 18.4 Å². The topological polar surface area (TPSA) is 38.8 Å². The van der Waals surface area contributed by atoms with Crippen molar-refractivity contribution < 1.29 is 14.3 Å². The van der Waals surface area contributed by atoms with E-state index in [4.69, 9.17) is 9.47 Å². The first-order chi connectivity index (χ1) is 12.7. The minimum absolute atomic E-state index is 0. The molecule has 1 heterocycles. The van der Waals surface area contributed by atoms with Crippen LogP contribution in [0.15, 0.2) is 30.3 Å². The average molecular weight is 396 g/mol. The fraction of sp³-hybridized carbons (Fsp3) is 0.682. The number of likely N-dealkylation sites (tertiary alicyclic amines) is 1. The Labute approximate surface area is 170 Å². The first-order valence-electron chi connectivity index (χ1n) is 10.2. The van der Waals surface area contributed by atoms with Gasteiger partial charge in [-0.2, -0.15) is 0 Å². The molecule has 3 rings (SSSR count). The molecule has 0 aromatic heterocycles. The lowest BCUT2D eigenvalue weighted by atomic mass is 9.73. The quantitative estimate of drug-likeness (QED) is 0.634. The zero-order chi connectivity index (χ0) is 18.4. The van der Waals surface area contributed by atoms with Crippen LogP contribution in [0, 0.1) is 5.92 Å². The Bertz CT molecular complexity index is 576. The van der Waals surface area contributed by atoms with Crippen LogP contribution in [0.25, 0.3) is 0 Å². The van der Waals surface area contributed by atoms with Gasteiger partial charge in [0.2, 0.25) is 0 Å². The van der Waals surface area contributed by atoms with E-state index in [1.165, 1.54) is 19.3 Å².